The summed E-state index contributed by atoms with van der Waals surface area (Å²) in [5.74, 6) is 4.17. The lowest BCUT2D eigenvalue weighted by Crippen LogP contribution is -2.31. The number of amides is 1. The second-order valence-electron chi connectivity index (χ2n) is 3.38. The van der Waals surface area contributed by atoms with Gasteiger partial charge in [0.25, 0.3) is 5.91 Å². The summed E-state index contributed by atoms with van der Waals surface area (Å²) in [5, 5.41) is 10.9. The van der Waals surface area contributed by atoms with E-state index in [9.17, 15) is 9.59 Å². The average molecular weight is 262 g/mol. The van der Waals surface area contributed by atoms with Crippen molar-refractivity contribution >= 4 is 11.9 Å². The van der Waals surface area contributed by atoms with Crippen molar-refractivity contribution in [2.45, 2.75) is 6.92 Å². The largest absolute Gasteiger partial charge is 0.465 e. The maximum atomic E-state index is 11.6. The average Bonchev–Trinajstić information content (AvgIpc) is 2.43. The summed E-state index contributed by atoms with van der Waals surface area (Å²) in [6.45, 7) is 1.53. The van der Waals surface area contributed by atoms with E-state index in [2.05, 4.69) is 26.9 Å². The summed E-state index contributed by atoms with van der Waals surface area (Å²) < 4.78 is 4.68. The fraction of sp³-hybridized carbons (Fsp3) is 0.308. The van der Waals surface area contributed by atoms with Crippen LogP contribution in [-0.2, 0) is 9.53 Å². The lowest BCUT2D eigenvalue weighted by Gasteiger charge is -2.04. The summed E-state index contributed by atoms with van der Waals surface area (Å²) in [5.41, 5.74) is 0.773. The van der Waals surface area contributed by atoms with E-state index in [0.29, 0.717) is 5.56 Å². The van der Waals surface area contributed by atoms with Gasteiger partial charge in [0.1, 0.15) is 18.8 Å². The highest BCUT2D eigenvalue weighted by molar-refractivity contribution is 5.94. The van der Waals surface area contributed by atoms with E-state index in [-0.39, 0.29) is 25.5 Å². The number of rotatable bonds is 4. The SMILES string of the molecule is CCOC(=O)CNC(=O)c1ccc(C#CCO)cn1. The number of nitrogens with one attached hydrogen (secondary N) is 1. The molecule has 0 saturated heterocycles. The second-order valence-corrected chi connectivity index (χ2v) is 3.38. The highest BCUT2D eigenvalue weighted by atomic mass is 16.5. The number of aromatic nitrogens is 1. The van der Waals surface area contributed by atoms with E-state index in [1.54, 1.807) is 13.0 Å². The number of pyridine rings is 1. The van der Waals surface area contributed by atoms with Gasteiger partial charge in [-0.05, 0) is 19.1 Å². The Hall–Kier alpha value is -2.39. The summed E-state index contributed by atoms with van der Waals surface area (Å²) in [6.07, 6.45) is 1.42. The Morgan fingerprint density at radius 1 is 1.47 bits per heavy atom. The molecule has 0 spiro atoms. The summed E-state index contributed by atoms with van der Waals surface area (Å²) in [7, 11) is 0. The van der Waals surface area contributed by atoms with Crippen molar-refractivity contribution in [3.8, 4) is 11.8 Å². The van der Waals surface area contributed by atoms with Crippen molar-refractivity contribution < 1.29 is 19.4 Å². The minimum Gasteiger partial charge on any atom is -0.465 e. The minimum atomic E-state index is -0.499. The first-order chi connectivity index (χ1) is 9.17. The smallest absolute Gasteiger partial charge is 0.325 e. The van der Waals surface area contributed by atoms with Crippen molar-refractivity contribution in [1.29, 1.82) is 0 Å². The molecule has 0 radical (unpaired) electrons. The van der Waals surface area contributed by atoms with E-state index in [4.69, 9.17) is 5.11 Å². The summed E-state index contributed by atoms with van der Waals surface area (Å²) in [4.78, 5) is 26.6. The predicted octanol–water partition coefficient (Wildman–Crippen LogP) is -0.282. The van der Waals surface area contributed by atoms with Gasteiger partial charge >= 0.3 is 5.97 Å². The van der Waals surface area contributed by atoms with Gasteiger partial charge in [-0.2, -0.15) is 0 Å². The highest BCUT2D eigenvalue weighted by Crippen LogP contribution is 1.98. The van der Waals surface area contributed by atoms with Gasteiger partial charge in [-0.3, -0.25) is 9.59 Å². The molecular weight excluding hydrogens is 248 g/mol. The number of carbonyl (C=O) groups excluding carboxylic acids is 2. The standard InChI is InChI=1S/C13H14N2O4/c1-2-19-12(17)9-15-13(18)11-6-5-10(8-14-11)4-3-7-16/h5-6,8,16H,2,7,9H2,1H3,(H,15,18). The molecule has 0 bridgehead atoms. The monoisotopic (exact) mass is 262 g/mol. The van der Waals surface area contributed by atoms with Gasteiger partial charge in [0, 0.05) is 11.8 Å². The van der Waals surface area contributed by atoms with Gasteiger partial charge in [-0.1, -0.05) is 11.8 Å². The molecular formula is C13H14N2O4. The molecule has 6 heteroatoms. The molecule has 1 aromatic rings. The molecule has 0 fully saturated rings. The molecule has 1 amide bonds. The van der Waals surface area contributed by atoms with Gasteiger partial charge in [0.15, 0.2) is 0 Å². The van der Waals surface area contributed by atoms with Crippen LogP contribution in [0.2, 0.25) is 0 Å². The van der Waals surface area contributed by atoms with E-state index in [1.807, 2.05) is 0 Å². The van der Waals surface area contributed by atoms with Gasteiger partial charge in [-0.15, -0.1) is 0 Å². The third kappa shape index (κ3) is 5.19. The zero-order valence-corrected chi connectivity index (χ0v) is 10.5. The van der Waals surface area contributed by atoms with Crippen LogP contribution in [0.5, 0.6) is 0 Å². The molecule has 0 aromatic carbocycles. The van der Waals surface area contributed by atoms with Crippen molar-refractivity contribution in [2.75, 3.05) is 19.8 Å². The van der Waals surface area contributed by atoms with Gasteiger partial charge < -0.3 is 15.2 Å². The first kappa shape index (κ1) is 14.7. The second kappa shape index (κ2) is 7.84. The highest BCUT2D eigenvalue weighted by Gasteiger charge is 2.09. The van der Waals surface area contributed by atoms with E-state index in [0.717, 1.165) is 0 Å². The van der Waals surface area contributed by atoms with Crippen molar-refractivity contribution in [3.63, 3.8) is 0 Å². The molecule has 1 aromatic heterocycles. The Balaban J connectivity index is 2.55. The molecule has 0 unspecified atom stereocenters. The molecule has 0 aliphatic carbocycles. The lowest BCUT2D eigenvalue weighted by molar-refractivity contribution is -0.141. The summed E-state index contributed by atoms with van der Waals surface area (Å²) in [6, 6.07) is 3.09. The molecule has 0 saturated carbocycles. The molecule has 100 valence electrons. The Morgan fingerprint density at radius 3 is 2.84 bits per heavy atom. The Bertz CT molecular complexity index is 500. The Kier molecular flexibility index (Phi) is 6.06. The first-order valence-electron chi connectivity index (χ1n) is 5.67. The molecule has 1 heterocycles. The number of ether oxygens (including phenoxy) is 1. The minimum absolute atomic E-state index is 0.179. The maximum absolute atomic E-state index is 11.6. The van der Waals surface area contributed by atoms with E-state index in [1.165, 1.54) is 12.3 Å². The number of aliphatic hydroxyl groups is 1. The van der Waals surface area contributed by atoms with Crippen LogP contribution in [0, 0.1) is 11.8 Å². The first-order valence-corrected chi connectivity index (χ1v) is 5.67. The molecule has 0 aliphatic rings. The van der Waals surface area contributed by atoms with Gasteiger partial charge in [0.05, 0.1) is 6.61 Å². The lowest BCUT2D eigenvalue weighted by atomic mass is 10.2. The van der Waals surface area contributed by atoms with E-state index >= 15 is 0 Å². The van der Waals surface area contributed by atoms with Crippen molar-refractivity contribution in [3.05, 3.63) is 29.6 Å². The van der Waals surface area contributed by atoms with Crippen LogP contribution < -0.4 is 5.32 Å². The Morgan fingerprint density at radius 2 is 2.26 bits per heavy atom. The van der Waals surface area contributed by atoms with Gasteiger partial charge in [-0.25, -0.2) is 4.98 Å². The quantitative estimate of drug-likeness (QED) is 0.575. The van der Waals surface area contributed by atoms with Gasteiger partial charge in [0.2, 0.25) is 0 Å². The molecule has 1 rings (SSSR count). The normalized spacial score (nSPS) is 9.16. The number of aliphatic hydroxyl groups excluding tert-OH is 1. The third-order valence-corrected chi connectivity index (χ3v) is 2.01. The predicted molar refractivity (Wildman–Crippen MR) is 67.2 cm³/mol. The fourth-order valence-corrected chi connectivity index (χ4v) is 1.20. The number of carbonyl (C=O) groups is 2. The van der Waals surface area contributed by atoms with Crippen LogP contribution in [0.4, 0.5) is 0 Å². The number of hydrogen-bond donors (Lipinski definition) is 2. The zero-order valence-electron chi connectivity index (χ0n) is 10.5. The fourth-order valence-electron chi connectivity index (χ4n) is 1.20. The van der Waals surface area contributed by atoms with Crippen LogP contribution in [0.1, 0.15) is 23.0 Å². The third-order valence-electron chi connectivity index (χ3n) is 2.01. The maximum Gasteiger partial charge on any atom is 0.325 e. The van der Waals surface area contributed by atoms with Crippen LogP contribution in [0.25, 0.3) is 0 Å². The van der Waals surface area contributed by atoms with Crippen LogP contribution >= 0.6 is 0 Å². The zero-order chi connectivity index (χ0) is 14.1. The van der Waals surface area contributed by atoms with Crippen LogP contribution in [0.15, 0.2) is 18.3 Å². The van der Waals surface area contributed by atoms with Crippen molar-refractivity contribution in [2.24, 2.45) is 0 Å². The molecule has 2 N–H and O–H groups in total. The molecule has 6 nitrogen and oxygen atoms in total. The number of nitrogens with zero attached hydrogens (tertiary/aromatic N) is 1. The van der Waals surface area contributed by atoms with Crippen LogP contribution in [0.3, 0.4) is 0 Å². The summed E-state index contributed by atoms with van der Waals surface area (Å²) >= 11 is 0. The van der Waals surface area contributed by atoms with E-state index < -0.39 is 11.9 Å². The number of hydrogen-bond acceptors (Lipinski definition) is 5. The Labute approximate surface area is 110 Å². The molecule has 0 aliphatic heterocycles. The topological polar surface area (TPSA) is 88.5 Å². The molecule has 19 heavy (non-hydrogen) atoms. The number of esters is 1. The van der Waals surface area contributed by atoms with Crippen LogP contribution in [-0.4, -0.2) is 41.7 Å². The van der Waals surface area contributed by atoms with Crippen molar-refractivity contribution in [1.82, 2.24) is 10.3 Å². The molecule has 0 atom stereocenters.